The first kappa shape index (κ1) is 13.6. The van der Waals surface area contributed by atoms with Gasteiger partial charge in [-0.3, -0.25) is 4.68 Å². The average molecular weight is 331 g/mol. The Kier molecular flexibility index (Phi) is 3.57. The maximum Gasteiger partial charge on any atom is 0.134 e. The number of hydrogen-bond acceptors (Lipinski definition) is 5. The van der Waals surface area contributed by atoms with Gasteiger partial charge in [-0.2, -0.15) is 5.10 Å². The molecule has 0 spiro atoms. The van der Waals surface area contributed by atoms with E-state index in [-0.39, 0.29) is 5.41 Å². The second kappa shape index (κ2) is 4.71. The molecular weight excluding hydrogens is 316 g/mol. The Labute approximate surface area is 118 Å². The average Bonchev–Trinajstić information content (AvgIpc) is 2.84. The minimum Gasteiger partial charge on any atom is -0.381 e. The first-order valence-corrected chi connectivity index (χ1v) is 7.07. The lowest BCUT2D eigenvalue weighted by Crippen LogP contribution is -2.17. The largest absolute Gasteiger partial charge is 0.381 e. The molecule has 0 aliphatic carbocycles. The minimum atomic E-state index is -0.763. The molecule has 0 fully saturated rings. The van der Waals surface area contributed by atoms with E-state index in [9.17, 15) is 5.11 Å². The van der Waals surface area contributed by atoms with E-state index in [1.807, 2.05) is 0 Å². The lowest BCUT2D eigenvalue weighted by atomic mass is 9.90. The monoisotopic (exact) mass is 330 g/mol. The Morgan fingerprint density at radius 1 is 1.44 bits per heavy atom. The molecule has 0 radical (unpaired) electrons. The Hall–Kier alpha value is -0.790. The molecule has 1 atom stereocenters. The Balaban J connectivity index is 2.48. The van der Waals surface area contributed by atoms with Crippen LogP contribution in [-0.4, -0.2) is 24.5 Å². The number of hydrogen-bond donors (Lipinski definition) is 1. The highest BCUT2D eigenvalue weighted by atomic mass is 79.9. The molecule has 0 aliphatic heterocycles. The molecule has 2 rings (SSSR count). The number of aliphatic hydroxyl groups is 1. The number of rotatable bonds is 2. The maximum absolute atomic E-state index is 10.5. The van der Waals surface area contributed by atoms with Crippen LogP contribution in [0.1, 0.15) is 43.1 Å². The standard InChI is InChI=1S/C11H15BrN4OS/c1-11(2,3)10-9(18-15-14-10)8(17)7-6(12)5-13-16(7)4/h5,8,17H,1-4H3. The highest BCUT2D eigenvalue weighted by Gasteiger charge is 2.29. The van der Waals surface area contributed by atoms with Crippen molar-refractivity contribution in [3.05, 3.63) is 26.9 Å². The third-order valence-corrected chi connectivity index (χ3v) is 4.06. The van der Waals surface area contributed by atoms with Crippen LogP contribution in [0.4, 0.5) is 0 Å². The minimum absolute atomic E-state index is 0.144. The van der Waals surface area contributed by atoms with Crippen LogP contribution in [0.25, 0.3) is 0 Å². The number of aromatic nitrogens is 4. The molecule has 0 saturated heterocycles. The van der Waals surface area contributed by atoms with Crippen LogP contribution in [0.2, 0.25) is 0 Å². The fourth-order valence-electron chi connectivity index (χ4n) is 1.75. The number of aliphatic hydroxyl groups excluding tert-OH is 1. The molecule has 0 amide bonds. The smallest absolute Gasteiger partial charge is 0.134 e. The SMILES string of the molecule is Cn1ncc(Br)c1C(O)c1snnc1C(C)(C)C. The van der Waals surface area contributed by atoms with Crippen molar-refractivity contribution >= 4 is 27.5 Å². The summed E-state index contributed by atoms with van der Waals surface area (Å²) >= 11 is 4.63. The van der Waals surface area contributed by atoms with Crippen molar-refractivity contribution in [2.45, 2.75) is 32.3 Å². The second-order valence-corrected chi connectivity index (χ2v) is 6.78. The predicted octanol–water partition coefficient (Wildman–Crippen LogP) is 2.41. The van der Waals surface area contributed by atoms with E-state index in [4.69, 9.17) is 0 Å². The molecule has 0 saturated carbocycles. The molecular formula is C11H15BrN4OS. The zero-order valence-corrected chi connectivity index (χ0v) is 13.1. The van der Waals surface area contributed by atoms with Gasteiger partial charge in [0.15, 0.2) is 0 Å². The normalized spacial score (nSPS) is 13.9. The topological polar surface area (TPSA) is 63.8 Å². The quantitative estimate of drug-likeness (QED) is 0.918. The molecule has 0 aromatic carbocycles. The van der Waals surface area contributed by atoms with Crippen LogP contribution in [0.5, 0.6) is 0 Å². The zero-order valence-electron chi connectivity index (χ0n) is 10.7. The Morgan fingerprint density at radius 2 is 2.11 bits per heavy atom. The van der Waals surface area contributed by atoms with Crippen molar-refractivity contribution in [3.8, 4) is 0 Å². The fourth-order valence-corrected chi connectivity index (χ4v) is 3.17. The van der Waals surface area contributed by atoms with Crippen molar-refractivity contribution in [3.63, 3.8) is 0 Å². The van der Waals surface area contributed by atoms with Crippen molar-refractivity contribution in [2.24, 2.45) is 7.05 Å². The van der Waals surface area contributed by atoms with E-state index in [0.717, 1.165) is 15.0 Å². The number of nitrogens with zero attached hydrogens (tertiary/aromatic N) is 4. The molecule has 18 heavy (non-hydrogen) atoms. The first-order valence-electron chi connectivity index (χ1n) is 5.50. The van der Waals surface area contributed by atoms with Gasteiger partial charge in [0.05, 0.1) is 26.9 Å². The van der Waals surface area contributed by atoms with Crippen molar-refractivity contribution in [1.29, 1.82) is 0 Å². The second-order valence-electron chi connectivity index (χ2n) is 5.14. The van der Waals surface area contributed by atoms with E-state index in [2.05, 4.69) is 51.4 Å². The van der Waals surface area contributed by atoms with E-state index < -0.39 is 6.10 Å². The van der Waals surface area contributed by atoms with Crippen LogP contribution in [0.15, 0.2) is 10.7 Å². The van der Waals surface area contributed by atoms with E-state index >= 15 is 0 Å². The highest BCUT2D eigenvalue weighted by molar-refractivity contribution is 9.10. The molecule has 1 unspecified atom stereocenters. The Bertz CT molecular complexity index is 538. The molecule has 2 aromatic heterocycles. The first-order chi connectivity index (χ1) is 8.32. The molecule has 0 aliphatic rings. The van der Waals surface area contributed by atoms with E-state index in [1.54, 1.807) is 17.9 Å². The molecule has 98 valence electrons. The van der Waals surface area contributed by atoms with Gasteiger partial charge in [0.1, 0.15) is 6.10 Å². The summed E-state index contributed by atoms with van der Waals surface area (Å²) in [6.07, 6.45) is 0.908. The summed E-state index contributed by atoms with van der Waals surface area (Å²) in [5, 5.41) is 18.8. The van der Waals surface area contributed by atoms with Crippen molar-refractivity contribution < 1.29 is 5.11 Å². The summed E-state index contributed by atoms with van der Waals surface area (Å²) in [5.74, 6) is 0. The summed E-state index contributed by atoms with van der Waals surface area (Å²) in [4.78, 5) is 0.770. The van der Waals surface area contributed by atoms with Gasteiger partial charge < -0.3 is 5.11 Å². The van der Waals surface area contributed by atoms with Gasteiger partial charge in [0.2, 0.25) is 0 Å². The summed E-state index contributed by atoms with van der Waals surface area (Å²) < 4.78 is 6.40. The highest BCUT2D eigenvalue weighted by Crippen LogP contribution is 2.35. The molecule has 2 aromatic rings. The van der Waals surface area contributed by atoms with Crippen LogP contribution in [-0.2, 0) is 12.5 Å². The van der Waals surface area contributed by atoms with E-state index in [1.165, 1.54) is 11.5 Å². The lowest BCUT2D eigenvalue weighted by Gasteiger charge is -2.19. The zero-order chi connectivity index (χ0) is 13.5. The summed E-state index contributed by atoms with van der Waals surface area (Å²) in [5.41, 5.74) is 1.40. The van der Waals surface area contributed by atoms with Crippen molar-refractivity contribution in [2.75, 3.05) is 0 Å². The van der Waals surface area contributed by atoms with Gasteiger partial charge >= 0.3 is 0 Å². The molecule has 5 nitrogen and oxygen atoms in total. The van der Waals surface area contributed by atoms with Crippen LogP contribution in [0.3, 0.4) is 0 Å². The van der Waals surface area contributed by atoms with E-state index in [0.29, 0.717) is 5.69 Å². The number of aryl methyl sites for hydroxylation is 1. The summed E-state index contributed by atoms with van der Waals surface area (Å²) in [6.45, 7) is 6.16. The van der Waals surface area contributed by atoms with Gasteiger partial charge in [-0.1, -0.05) is 25.3 Å². The summed E-state index contributed by atoms with van der Waals surface area (Å²) in [6, 6.07) is 0. The number of halogens is 1. The van der Waals surface area contributed by atoms with Crippen LogP contribution < -0.4 is 0 Å². The lowest BCUT2D eigenvalue weighted by molar-refractivity contribution is 0.210. The van der Waals surface area contributed by atoms with Crippen molar-refractivity contribution in [1.82, 2.24) is 19.4 Å². The maximum atomic E-state index is 10.5. The van der Waals surface area contributed by atoms with Gasteiger partial charge in [0.25, 0.3) is 0 Å². The third kappa shape index (κ3) is 2.34. The van der Waals surface area contributed by atoms with Gasteiger partial charge in [0, 0.05) is 12.5 Å². The summed E-state index contributed by atoms with van der Waals surface area (Å²) in [7, 11) is 1.80. The third-order valence-electron chi connectivity index (χ3n) is 2.67. The van der Waals surface area contributed by atoms with Crippen LogP contribution in [0, 0.1) is 0 Å². The molecule has 1 N–H and O–H groups in total. The predicted molar refractivity (Wildman–Crippen MR) is 73.6 cm³/mol. The Morgan fingerprint density at radius 3 is 2.61 bits per heavy atom. The molecule has 7 heteroatoms. The molecule has 0 bridgehead atoms. The van der Waals surface area contributed by atoms with Gasteiger partial charge in [-0.05, 0) is 27.5 Å². The van der Waals surface area contributed by atoms with Gasteiger partial charge in [-0.25, -0.2) is 0 Å². The fraction of sp³-hybridized carbons (Fsp3) is 0.545. The van der Waals surface area contributed by atoms with Gasteiger partial charge in [-0.15, -0.1) is 5.10 Å². The van der Waals surface area contributed by atoms with Crippen LogP contribution >= 0.6 is 27.5 Å². The molecule has 2 heterocycles.